The average Bonchev–Trinajstić information content (AvgIpc) is 2.91. The molecule has 5 heteroatoms. The van der Waals surface area contributed by atoms with Crippen molar-refractivity contribution in [2.45, 2.75) is 50.5 Å². The van der Waals surface area contributed by atoms with Crippen LogP contribution in [0.25, 0.3) is 0 Å². The van der Waals surface area contributed by atoms with Gasteiger partial charge in [0.25, 0.3) is 0 Å². The van der Waals surface area contributed by atoms with E-state index in [9.17, 15) is 4.39 Å². The first-order valence-corrected chi connectivity index (χ1v) is 6.74. The molecule has 2 unspecified atom stereocenters. The molecule has 2 N–H and O–H groups in total. The van der Waals surface area contributed by atoms with Crippen molar-refractivity contribution in [3.63, 3.8) is 0 Å². The van der Waals surface area contributed by atoms with Gasteiger partial charge in [-0.05, 0) is 45.8 Å². The minimum Gasteiger partial charge on any atom is -0.323 e. The van der Waals surface area contributed by atoms with Gasteiger partial charge in [0.1, 0.15) is 0 Å². The van der Waals surface area contributed by atoms with Crippen LogP contribution >= 0.6 is 0 Å². The summed E-state index contributed by atoms with van der Waals surface area (Å²) in [6, 6.07) is 2.03. The van der Waals surface area contributed by atoms with Crippen LogP contribution in [0.5, 0.6) is 0 Å². The fourth-order valence-electron chi connectivity index (χ4n) is 3.52. The van der Waals surface area contributed by atoms with Gasteiger partial charge in [-0.2, -0.15) is 5.10 Å². The second-order valence-electron chi connectivity index (χ2n) is 5.85. The molecule has 0 amide bonds. The summed E-state index contributed by atoms with van der Waals surface area (Å²) in [5.41, 5.74) is 6.93. The molecule has 0 aliphatic carbocycles. The molecule has 1 spiro atoms. The van der Waals surface area contributed by atoms with E-state index in [0.29, 0.717) is 6.04 Å². The number of nitrogens with zero attached hydrogens (tertiary/aromatic N) is 3. The van der Waals surface area contributed by atoms with Crippen LogP contribution in [0, 0.1) is 0 Å². The molecular formula is C13H21FN4. The van der Waals surface area contributed by atoms with Crippen molar-refractivity contribution in [1.82, 2.24) is 14.7 Å². The number of rotatable bonds is 1. The molecule has 18 heavy (non-hydrogen) atoms. The Balaban J connectivity index is 1.89. The number of nitrogens with two attached hydrogens (primary N) is 1. The van der Waals surface area contributed by atoms with Gasteiger partial charge < -0.3 is 10.6 Å². The van der Waals surface area contributed by atoms with Gasteiger partial charge in [0.05, 0.1) is 6.04 Å². The monoisotopic (exact) mass is 252 g/mol. The fraction of sp³-hybridized carbons (Fsp3) is 0.769. The third-order valence-corrected chi connectivity index (χ3v) is 4.77. The summed E-state index contributed by atoms with van der Waals surface area (Å²) >= 11 is 0. The highest BCUT2D eigenvalue weighted by atomic mass is 19.1. The van der Waals surface area contributed by atoms with E-state index in [1.54, 1.807) is 6.20 Å². The summed E-state index contributed by atoms with van der Waals surface area (Å²) in [7, 11) is 0. The third-order valence-electron chi connectivity index (χ3n) is 4.77. The summed E-state index contributed by atoms with van der Waals surface area (Å²) in [6.07, 6.45) is 2.38. The highest BCUT2D eigenvalue weighted by Crippen LogP contribution is 2.47. The Morgan fingerprint density at radius 3 is 2.72 bits per heavy atom. The SMILES string of the molecule is CC(C)N1CCC2(CC1)c1ccnn1C(F)C2N. The molecule has 1 aromatic heterocycles. The molecule has 0 aromatic carbocycles. The molecule has 4 nitrogen and oxygen atoms in total. The fourth-order valence-corrected chi connectivity index (χ4v) is 3.52. The maximum Gasteiger partial charge on any atom is 0.207 e. The van der Waals surface area contributed by atoms with Gasteiger partial charge in [0.2, 0.25) is 6.30 Å². The summed E-state index contributed by atoms with van der Waals surface area (Å²) in [5.74, 6) is 0. The largest absolute Gasteiger partial charge is 0.323 e. The van der Waals surface area contributed by atoms with Crippen molar-refractivity contribution >= 4 is 0 Å². The van der Waals surface area contributed by atoms with E-state index >= 15 is 0 Å². The zero-order chi connectivity index (χ0) is 12.9. The first kappa shape index (κ1) is 12.1. The molecule has 1 aromatic rings. The zero-order valence-electron chi connectivity index (χ0n) is 11.0. The van der Waals surface area contributed by atoms with Crippen LogP contribution < -0.4 is 5.73 Å². The molecule has 100 valence electrons. The molecule has 3 rings (SSSR count). The average molecular weight is 252 g/mol. The van der Waals surface area contributed by atoms with Gasteiger partial charge in [-0.15, -0.1) is 0 Å². The minimum absolute atomic E-state index is 0.207. The summed E-state index contributed by atoms with van der Waals surface area (Å²) < 4.78 is 15.7. The van der Waals surface area contributed by atoms with Gasteiger partial charge in [-0.25, -0.2) is 9.07 Å². The summed E-state index contributed by atoms with van der Waals surface area (Å²) in [5, 5.41) is 4.08. The van der Waals surface area contributed by atoms with Crippen LogP contribution in [-0.2, 0) is 5.41 Å². The molecule has 1 fully saturated rings. The van der Waals surface area contributed by atoms with Gasteiger partial charge in [-0.1, -0.05) is 0 Å². The number of hydrogen-bond donors (Lipinski definition) is 1. The highest BCUT2D eigenvalue weighted by Gasteiger charge is 2.53. The Bertz CT molecular complexity index is 434. The lowest BCUT2D eigenvalue weighted by molar-refractivity contribution is 0.0960. The smallest absolute Gasteiger partial charge is 0.207 e. The second kappa shape index (κ2) is 4.03. The minimum atomic E-state index is -1.17. The predicted octanol–water partition coefficient (Wildman–Crippen LogP) is 1.43. The number of alkyl halides is 1. The van der Waals surface area contributed by atoms with E-state index in [2.05, 4.69) is 23.8 Å². The lowest BCUT2D eigenvalue weighted by Crippen LogP contribution is -2.52. The van der Waals surface area contributed by atoms with E-state index in [1.807, 2.05) is 6.07 Å². The van der Waals surface area contributed by atoms with Crippen LogP contribution in [0.4, 0.5) is 4.39 Å². The predicted molar refractivity (Wildman–Crippen MR) is 68.0 cm³/mol. The molecule has 0 saturated carbocycles. The number of piperidine rings is 1. The van der Waals surface area contributed by atoms with Crippen LogP contribution in [0.2, 0.25) is 0 Å². The molecule has 0 radical (unpaired) electrons. The first-order valence-electron chi connectivity index (χ1n) is 6.74. The normalized spacial score (nSPS) is 31.2. The molecule has 1 saturated heterocycles. The van der Waals surface area contributed by atoms with E-state index in [-0.39, 0.29) is 5.41 Å². The van der Waals surface area contributed by atoms with Crippen molar-refractivity contribution in [3.8, 4) is 0 Å². The molecule has 2 aliphatic heterocycles. The number of aromatic nitrogens is 2. The van der Waals surface area contributed by atoms with Crippen molar-refractivity contribution in [2.24, 2.45) is 5.73 Å². The maximum atomic E-state index is 14.2. The number of halogens is 1. The lowest BCUT2D eigenvalue weighted by Gasteiger charge is -2.42. The maximum absolute atomic E-state index is 14.2. The summed E-state index contributed by atoms with van der Waals surface area (Å²) in [4.78, 5) is 2.43. The summed E-state index contributed by atoms with van der Waals surface area (Å²) in [6.45, 7) is 6.39. The molecular weight excluding hydrogens is 231 g/mol. The molecule has 3 heterocycles. The van der Waals surface area contributed by atoms with Crippen molar-refractivity contribution in [3.05, 3.63) is 18.0 Å². The Morgan fingerprint density at radius 2 is 2.11 bits per heavy atom. The highest BCUT2D eigenvalue weighted by molar-refractivity contribution is 5.27. The lowest BCUT2D eigenvalue weighted by atomic mass is 9.72. The van der Waals surface area contributed by atoms with E-state index in [1.165, 1.54) is 4.68 Å². The van der Waals surface area contributed by atoms with Gasteiger partial charge >= 0.3 is 0 Å². The van der Waals surface area contributed by atoms with E-state index in [0.717, 1.165) is 31.6 Å². The van der Waals surface area contributed by atoms with Crippen molar-refractivity contribution in [1.29, 1.82) is 0 Å². The van der Waals surface area contributed by atoms with Crippen LogP contribution in [0.15, 0.2) is 12.3 Å². The molecule has 2 aliphatic rings. The van der Waals surface area contributed by atoms with Gasteiger partial charge in [-0.3, -0.25) is 0 Å². The topological polar surface area (TPSA) is 47.1 Å². The Kier molecular flexibility index (Phi) is 2.71. The van der Waals surface area contributed by atoms with Gasteiger partial charge in [0, 0.05) is 23.3 Å². The number of fused-ring (bicyclic) bond motifs is 2. The molecule has 0 bridgehead atoms. The third kappa shape index (κ3) is 1.47. The number of hydrogen-bond acceptors (Lipinski definition) is 3. The second-order valence-corrected chi connectivity index (χ2v) is 5.85. The van der Waals surface area contributed by atoms with Gasteiger partial charge in [0.15, 0.2) is 0 Å². The zero-order valence-corrected chi connectivity index (χ0v) is 11.0. The van der Waals surface area contributed by atoms with E-state index in [4.69, 9.17) is 5.73 Å². The van der Waals surface area contributed by atoms with E-state index < -0.39 is 12.3 Å². The van der Waals surface area contributed by atoms with Crippen molar-refractivity contribution in [2.75, 3.05) is 13.1 Å². The number of likely N-dealkylation sites (tertiary alicyclic amines) is 1. The quantitative estimate of drug-likeness (QED) is 0.822. The van der Waals surface area contributed by atoms with Crippen molar-refractivity contribution < 1.29 is 4.39 Å². The first-order chi connectivity index (χ1) is 8.56. The standard InChI is InChI=1S/C13H21FN4/c1-9(2)17-7-4-13(5-8-17)10-3-6-16-18(10)12(14)11(13)15/h3,6,9,11-12H,4-5,7-8,15H2,1-2H3. The molecule has 2 atom stereocenters. The van der Waals surface area contributed by atoms with Crippen LogP contribution in [0.1, 0.15) is 38.7 Å². The van der Waals surface area contributed by atoms with Crippen LogP contribution in [0.3, 0.4) is 0 Å². The Morgan fingerprint density at radius 1 is 1.44 bits per heavy atom. The van der Waals surface area contributed by atoms with Crippen LogP contribution in [-0.4, -0.2) is 39.9 Å². The Labute approximate surface area is 107 Å². The Hall–Kier alpha value is -0.940.